The first-order valence-electron chi connectivity index (χ1n) is 4.92. The van der Waals surface area contributed by atoms with Crippen LogP contribution in [0.4, 0.5) is 0 Å². The molecule has 1 rings (SSSR count). The van der Waals surface area contributed by atoms with Crippen molar-refractivity contribution in [3.8, 4) is 0 Å². The molecule has 0 spiro atoms. The lowest BCUT2D eigenvalue weighted by Gasteiger charge is -2.14. The van der Waals surface area contributed by atoms with E-state index in [-0.39, 0.29) is 17.9 Å². The molecule has 3 unspecified atom stereocenters. The first kappa shape index (κ1) is 11.7. The highest BCUT2D eigenvalue weighted by molar-refractivity contribution is 7.84. The van der Waals surface area contributed by atoms with E-state index in [9.17, 15) is 9.00 Å². The third-order valence-corrected chi connectivity index (χ3v) is 3.33. The first-order valence-corrected chi connectivity index (χ1v) is 6.65. The minimum absolute atomic E-state index is 0.0836. The van der Waals surface area contributed by atoms with Crippen molar-refractivity contribution in [1.29, 1.82) is 0 Å². The molecule has 0 bridgehead atoms. The fraction of sp³-hybridized carbons (Fsp3) is 0.889. The van der Waals surface area contributed by atoms with Crippen LogP contribution in [0.1, 0.15) is 13.3 Å². The minimum atomic E-state index is -0.823. The second-order valence-electron chi connectivity index (χ2n) is 3.71. The van der Waals surface area contributed by atoms with Crippen LogP contribution in [-0.4, -0.2) is 41.3 Å². The Morgan fingerprint density at radius 1 is 1.64 bits per heavy atom. The fourth-order valence-electron chi connectivity index (χ4n) is 1.67. The Kier molecular flexibility index (Phi) is 4.54. The minimum Gasteiger partial charge on any atom is -0.355 e. The zero-order valence-electron chi connectivity index (χ0n) is 8.71. The van der Waals surface area contributed by atoms with Crippen LogP contribution in [0.2, 0.25) is 0 Å². The van der Waals surface area contributed by atoms with Gasteiger partial charge in [-0.25, -0.2) is 0 Å². The summed E-state index contributed by atoms with van der Waals surface area (Å²) in [4.78, 5) is 11.6. The van der Waals surface area contributed by atoms with Gasteiger partial charge in [0.05, 0.1) is 5.92 Å². The zero-order chi connectivity index (χ0) is 10.6. The number of nitrogens with one attached hydrogen (secondary N) is 2. The highest BCUT2D eigenvalue weighted by atomic mass is 32.2. The molecule has 0 aliphatic carbocycles. The van der Waals surface area contributed by atoms with Crippen molar-refractivity contribution in [1.82, 2.24) is 10.6 Å². The second kappa shape index (κ2) is 5.46. The van der Waals surface area contributed by atoms with Gasteiger partial charge in [-0.2, -0.15) is 0 Å². The number of rotatable bonds is 4. The van der Waals surface area contributed by atoms with Crippen LogP contribution in [-0.2, 0) is 15.6 Å². The Hall–Kier alpha value is -0.420. The van der Waals surface area contributed by atoms with E-state index in [0.29, 0.717) is 12.3 Å². The molecule has 0 aromatic carbocycles. The highest BCUT2D eigenvalue weighted by Gasteiger charge is 2.28. The van der Waals surface area contributed by atoms with Crippen molar-refractivity contribution in [2.75, 3.05) is 25.1 Å². The number of carbonyl (C=O) groups is 1. The molecule has 1 heterocycles. The van der Waals surface area contributed by atoms with Crippen LogP contribution in [0.5, 0.6) is 0 Å². The van der Waals surface area contributed by atoms with E-state index in [1.165, 1.54) is 0 Å². The van der Waals surface area contributed by atoms with Gasteiger partial charge in [0.25, 0.3) is 0 Å². The predicted molar refractivity (Wildman–Crippen MR) is 57.5 cm³/mol. The largest absolute Gasteiger partial charge is 0.355 e. The Morgan fingerprint density at radius 3 is 2.86 bits per heavy atom. The lowest BCUT2D eigenvalue weighted by molar-refractivity contribution is -0.124. The summed E-state index contributed by atoms with van der Waals surface area (Å²) in [6.45, 7) is 3.46. The average molecular weight is 218 g/mol. The lowest BCUT2D eigenvalue weighted by atomic mass is 10.0. The molecule has 2 N–H and O–H groups in total. The van der Waals surface area contributed by atoms with Gasteiger partial charge in [-0.05, 0) is 19.9 Å². The number of amides is 1. The van der Waals surface area contributed by atoms with Crippen LogP contribution >= 0.6 is 0 Å². The summed E-state index contributed by atoms with van der Waals surface area (Å²) in [6, 6.07) is 0.266. The molecule has 0 radical (unpaired) electrons. The van der Waals surface area contributed by atoms with E-state index in [1.807, 2.05) is 6.92 Å². The van der Waals surface area contributed by atoms with Gasteiger partial charge in [0.1, 0.15) is 0 Å². The monoisotopic (exact) mass is 218 g/mol. The van der Waals surface area contributed by atoms with E-state index in [0.717, 1.165) is 13.0 Å². The molecule has 3 atom stereocenters. The molecule has 82 valence electrons. The summed E-state index contributed by atoms with van der Waals surface area (Å²) >= 11 is 0. The van der Waals surface area contributed by atoms with Crippen molar-refractivity contribution in [2.24, 2.45) is 5.92 Å². The van der Waals surface area contributed by atoms with Crippen molar-refractivity contribution in [3.05, 3.63) is 0 Å². The summed E-state index contributed by atoms with van der Waals surface area (Å²) in [5.74, 6) is 0.716. The van der Waals surface area contributed by atoms with E-state index in [1.54, 1.807) is 6.26 Å². The summed E-state index contributed by atoms with van der Waals surface area (Å²) < 4.78 is 10.8. The molecule has 1 aliphatic heterocycles. The molecule has 14 heavy (non-hydrogen) atoms. The van der Waals surface area contributed by atoms with Gasteiger partial charge < -0.3 is 10.6 Å². The lowest BCUT2D eigenvalue weighted by Crippen LogP contribution is -2.38. The topological polar surface area (TPSA) is 58.2 Å². The summed E-state index contributed by atoms with van der Waals surface area (Å²) in [6.07, 6.45) is 2.55. The number of carbonyl (C=O) groups excluding carboxylic acids is 1. The zero-order valence-corrected chi connectivity index (χ0v) is 9.52. The predicted octanol–water partition coefficient (Wildman–Crippen LogP) is -0.521. The van der Waals surface area contributed by atoms with Crippen LogP contribution in [0.15, 0.2) is 0 Å². The molecule has 1 saturated heterocycles. The van der Waals surface area contributed by atoms with Crippen LogP contribution in [0.25, 0.3) is 0 Å². The second-order valence-corrected chi connectivity index (χ2v) is 5.26. The van der Waals surface area contributed by atoms with Crippen molar-refractivity contribution >= 4 is 16.7 Å². The van der Waals surface area contributed by atoms with Gasteiger partial charge in [-0.15, -0.1) is 0 Å². The molecule has 4 nitrogen and oxygen atoms in total. The first-order chi connectivity index (χ1) is 6.61. The van der Waals surface area contributed by atoms with Gasteiger partial charge in [-0.3, -0.25) is 9.00 Å². The third kappa shape index (κ3) is 3.38. The summed E-state index contributed by atoms with van der Waals surface area (Å²) in [7, 11) is -0.823. The maximum Gasteiger partial charge on any atom is 0.224 e. The molecule has 0 aromatic rings. The SMILES string of the molecule is CC1NCCC1C(=O)NCCS(C)=O. The average Bonchev–Trinajstić information content (AvgIpc) is 2.50. The highest BCUT2D eigenvalue weighted by Crippen LogP contribution is 2.14. The van der Waals surface area contributed by atoms with Gasteiger partial charge in [0.15, 0.2) is 0 Å². The van der Waals surface area contributed by atoms with Crippen molar-refractivity contribution in [3.63, 3.8) is 0 Å². The number of hydrogen-bond acceptors (Lipinski definition) is 3. The molecular formula is C9H18N2O2S. The van der Waals surface area contributed by atoms with Crippen molar-refractivity contribution < 1.29 is 9.00 Å². The van der Waals surface area contributed by atoms with Crippen LogP contribution in [0.3, 0.4) is 0 Å². The molecule has 1 fully saturated rings. The molecule has 1 amide bonds. The Balaban J connectivity index is 2.24. The Morgan fingerprint density at radius 2 is 2.36 bits per heavy atom. The van der Waals surface area contributed by atoms with E-state index in [4.69, 9.17) is 0 Å². The normalized spacial score (nSPS) is 28.7. The third-order valence-electron chi connectivity index (χ3n) is 2.55. The maximum absolute atomic E-state index is 11.6. The summed E-state index contributed by atoms with van der Waals surface area (Å²) in [5, 5.41) is 6.04. The smallest absolute Gasteiger partial charge is 0.224 e. The van der Waals surface area contributed by atoms with Gasteiger partial charge >= 0.3 is 0 Å². The molecule has 5 heteroatoms. The van der Waals surface area contributed by atoms with Crippen molar-refractivity contribution in [2.45, 2.75) is 19.4 Å². The van der Waals surface area contributed by atoms with E-state index < -0.39 is 10.8 Å². The van der Waals surface area contributed by atoms with Gasteiger partial charge in [-0.1, -0.05) is 0 Å². The van der Waals surface area contributed by atoms with E-state index in [2.05, 4.69) is 10.6 Å². The quantitative estimate of drug-likeness (QED) is 0.667. The molecule has 1 aliphatic rings. The van der Waals surface area contributed by atoms with Gasteiger partial charge in [0.2, 0.25) is 5.91 Å². The van der Waals surface area contributed by atoms with E-state index >= 15 is 0 Å². The van der Waals surface area contributed by atoms with Crippen LogP contribution in [0, 0.1) is 5.92 Å². The van der Waals surface area contributed by atoms with Gasteiger partial charge in [0, 0.05) is 35.4 Å². The summed E-state index contributed by atoms with van der Waals surface area (Å²) in [5.41, 5.74) is 0. The Bertz CT molecular complexity index is 233. The number of hydrogen-bond donors (Lipinski definition) is 2. The molecule has 0 saturated carbocycles. The fourth-order valence-corrected chi connectivity index (χ4v) is 2.06. The molecular weight excluding hydrogens is 200 g/mol. The van der Waals surface area contributed by atoms with Crippen LogP contribution < -0.4 is 10.6 Å². The maximum atomic E-state index is 11.6. The molecule has 0 aromatic heterocycles. The Labute approximate surface area is 87.3 Å². The standard InChI is InChI=1S/C9H18N2O2S/c1-7-8(3-4-10-7)9(12)11-5-6-14(2)13/h7-8,10H,3-6H2,1-2H3,(H,11,12).